The zero-order valence-electron chi connectivity index (χ0n) is 11.7. The first-order valence-electron chi connectivity index (χ1n) is 7.32. The monoisotopic (exact) mass is 337 g/mol. The molecule has 2 aliphatic carbocycles. The maximum Gasteiger partial charge on any atom is 0.266 e. The van der Waals surface area contributed by atoms with Crippen molar-refractivity contribution in [1.82, 2.24) is 13.5 Å². The molecule has 22 heavy (non-hydrogen) atoms. The molecule has 0 spiro atoms. The Kier molecular flexibility index (Phi) is 3.19. The molecule has 2 aliphatic rings. The summed E-state index contributed by atoms with van der Waals surface area (Å²) in [6.07, 6.45) is 4.08. The molecule has 0 saturated heterocycles. The van der Waals surface area contributed by atoms with E-state index >= 15 is 0 Å². The molecule has 4 rings (SSSR count). The van der Waals surface area contributed by atoms with Crippen molar-refractivity contribution < 1.29 is 13.2 Å². The Morgan fingerprint density at radius 3 is 2.82 bits per heavy atom. The number of rotatable bonds is 3. The lowest BCUT2D eigenvalue weighted by atomic mass is 9.88. The molecule has 2 aromatic rings. The van der Waals surface area contributed by atoms with Gasteiger partial charge in [0.25, 0.3) is 10.0 Å². The number of aromatic nitrogens is 2. The molecule has 2 fully saturated rings. The maximum absolute atomic E-state index is 12.5. The summed E-state index contributed by atoms with van der Waals surface area (Å²) in [6.45, 7) is 0. The molecule has 0 aliphatic heterocycles. The van der Waals surface area contributed by atoms with Gasteiger partial charge in [-0.05, 0) is 43.2 Å². The average molecular weight is 337 g/mol. The van der Waals surface area contributed by atoms with Crippen LogP contribution in [0, 0.1) is 17.8 Å². The number of benzene rings is 1. The predicted molar refractivity (Wildman–Crippen MR) is 81.7 cm³/mol. The first kappa shape index (κ1) is 14.1. The summed E-state index contributed by atoms with van der Waals surface area (Å²) in [5.74, 6) is 0.403. The van der Waals surface area contributed by atoms with Crippen LogP contribution in [0.3, 0.4) is 0 Å². The molecule has 1 N–H and O–H groups in total. The van der Waals surface area contributed by atoms with E-state index in [1.54, 1.807) is 12.1 Å². The molecule has 3 atom stereocenters. The molecule has 3 unspecified atom stereocenters. The molecule has 1 heterocycles. The van der Waals surface area contributed by atoms with Crippen molar-refractivity contribution in [3.63, 3.8) is 0 Å². The van der Waals surface area contributed by atoms with Crippen molar-refractivity contribution in [3.05, 3.63) is 18.2 Å². The average Bonchev–Trinajstić information content (AvgIpc) is 3.21. The van der Waals surface area contributed by atoms with Crippen LogP contribution in [0.5, 0.6) is 0 Å². The molecule has 1 amide bonds. The Morgan fingerprint density at radius 1 is 1.23 bits per heavy atom. The number of fused-ring (bicyclic) bond motifs is 3. The summed E-state index contributed by atoms with van der Waals surface area (Å²) in [6, 6.07) is 4.77. The highest BCUT2D eigenvalue weighted by Crippen LogP contribution is 2.48. The number of hydrogen-bond donors (Lipinski definition) is 1. The number of carbonyl (C=O) groups excluding carboxylic acids is 1. The summed E-state index contributed by atoms with van der Waals surface area (Å²) in [5.41, 5.74) is 0.848. The minimum atomic E-state index is -3.91. The van der Waals surface area contributed by atoms with E-state index in [1.165, 1.54) is 12.5 Å². The van der Waals surface area contributed by atoms with E-state index in [9.17, 15) is 13.2 Å². The van der Waals surface area contributed by atoms with Gasteiger partial charge in [-0.15, -0.1) is 0 Å². The van der Waals surface area contributed by atoms with E-state index in [0.717, 1.165) is 31.0 Å². The quantitative estimate of drug-likeness (QED) is 0.924. The highest BCUT2D eigenvalue weighted by atomic mass is 32.2. The van der Waals surface area contributed by atoms with Crippen LogP contribution < -0.4 is 4.72 Å². The van der Waals surface area contributed by atoms with Crippen molar-refractivity contribution in [2.45, 2.75) is 30.6 Å². The van der Waals surface area contributed by atoms with Gasteiger partial charge in [0, 0.05) is 5.92 Å². The smallest absolute Gasteiger partial charge is 0.266 e. The Balaban J connectivity index is 1.61. The van der Waals surface area contributed by atoms with Gasteiger partial charge in [0.2, 0.25) is 5.91 Å². The molecule has 1 aromatic carbocycles. The van der Waals surface area contributed by atoms with Crippen LogP contribution in [0.15, 0.2) is 23.1 Å². The SMILES string of the molecule is O=C(NS(=O)(=O)c1cccc2nsnc12)C1CC2CCC1C2. The molecule has 0 radical (unpaired) electrons. The number of sulfonamides is 1. The molecular weight excluding hydrogens is 322 g/mol. The minimum absolute atomic E-state index is 0.0234. The first-order valence-corrected chi connectivity index (χ1v) is 9.54. The van der Waals surface area contributed by atoms with Gasteiger partial charge in [-0.3, -0.25) is 4.79 Å². The predicted octanol–water partition coefficient (Wildman–Crippen LogP) is 1.93. The normalized spacial score (nSPS) is 27.4. The second kappa shape index (κ2) is 4.99. The lowest BCUT2D eigenvalue weighted by molar-refractivity contribution is -0.124. The van der Waals surface area contributed by atoms with Gasteiger partial charge in [0.15, 0.2) is 0 Å². The summed E-state index contributed by atoms with van der Waals surface area (Å²) >= 11 is 0.960. The van der Waals surface area contributed by atoms with Crippen molar-refractivity contribution in [2.24, 2.45) is 17.8 Å². The van der Waals surface area contributed by atoms with Gasteiger partial charge in [0.05, 0.1) is 11.7 Å². The molecule has 1 aromatic heterocycles. The number of nitrogens with one attached hydrogen (secondary N) is 1. The number of nitrogens with zero attached hydrogens (tertiary/aromatic N) is 2. The van der Waals surface area contributed by atoms with Gasteiger partial charge >= 0.3 is 0 Å². The van der Waals surface area contributed by atoms with Crippen molar-refractivity contribution in [3.8, 4) is 0 Å². The Hall–Kier alpha value is -1.54. The molecule has 8 heteroatoms. The molecule has 2 bridgehead atoms. The van der Waals surface area contributed by atoms with Gasteiger partial charge in [0.1, 0.15) is 15.9 Å². The second-order valence-corrected chi connectivity index (χ2v) is 8.32. The lowest BCUT2D eigenvalue weighted by Crippen LogP contribution is -2.37. The van der Waals surface area contributed by atoms with Gasteiger partial charge in [-0.25, -0.2) is 13.1 Å². The highest BCUT2D eigenvalue weighted by Gasteiger charge is 2.44. The van der Waals surface area contributed by atoms with E-state index in [2.05, 4.69) is 13.5 Å². The molecule has 6 nitrogen and oxygen atoms in total. The lowest BCUT2D eigenvalue weighted by Gasteiger charge is -2.20. The third-order valence-corrected chi connectivity index (χ3v) is 6.77. The summed E-state index contributed by atoms with van der Waals surface area (Å²) in [5, 5.41) is 0. The Bertz CT molecular complexity index is 846. The van der Waals surface area contributed by atoms with Crippen LogP contribution in [0.4, 0.5) is 0 Å². The zero-order chi connectivity index (χ0) is 15.3. The van der Waals surface area contributed by atoms with Crippen LogP contribution in [0.2, 0.25) is 0 Å². The number of hydrogen-bond acceptors (Lipinski definition) is 6. The van der Waals surface area contributed by atoms with Gasteiger partial charge in [-0.2, -0.15) is 8.75 Å². The first-order chi connectivity index (χ1) is 10.5. The standard InChI is InChI=1S/C14H15N3O3S2/c18-14(10-7-8-4-5-9(10)6-8)17-22(19,20)12-3-1-2-11-13(12)16-21-15-11/h1-3,8-10H,4-7H2,(H,17,18). The van der Waals surface area contributed by atoms with Crippen molar-refractivity contribution in [2.75, 3.05) is 0 Å². The zero-order valence-corrected chi connectivity index (χ0v) is 13.4. The van der Waals surface area contributed by atoms with E-state index in [-0.39, 0.29) is 16.7 Å². The fraction of sp³-hybridized carbons (Fsp3) is 0.500. The highest BCUT2D eigenvalue weighted by molar-refractivity contribution is 7.90. The maximum atomic E-state index is 12.5. The molecular formula is C14H15N3O3S2. The largest absolute Gasteiger partial charge is 0.274 e. The number of carbonyl (C=O) groups is 1. The van der Waals surface area contributed by atoms with Crippen LogP contribution >= 0.6 is 11.7 Å². The fourth-order valence-corrected chi connectivity index (χ4v) is 5.62. The van der Waals surface area contributed by atoms with E-state index in [1.807, 2.05) is 0 Å². The van der Waals surface area contributed by atoms with Gasteiger partial charge in [-0.1, -0.05) is 12.5 Å². The third-order valence-electron chi connectivity index (χ3n) is 4.85. The van der Waals surface area contributed by atoms with Gasteiger partial charge < -0.3 is 0 Å². The molecule has 116 valence electrons. The third kappa shape index (κ3) is 2.21. The van der Waals surface area contributed by atoms with Crippen LogP contribution in [0.1, 0.15) is 25.7 Å². The van der Waals surface area contributed by atoms with Crippen LogP contribution in [-0.2, 0) is 14.8 Å². The second-order valence-electron chi connectivity index (χ2n) is 6.14. The summed E-state index contributed by atoms with van der Waals surface area (Å²) in [4.78, 5) is 12.4. The fourth-order valence-electron chi connectivity index (χ4n) is 3.83. The summed E-state index contributed by atoms with van der Waals surface area (Å²) in [7, 11) is -3.91. The van der Waals surface area contributed by atoms with Crippen molar-refractivity contribution >= 4 is 38.7 Å². The summed E-state index contributed by atoms with van der Waals surface area (Å²) < 4.78 is 35.4. The van der Waals surface area contributed by atoms with Crippen LogP contribution in [0.25, 0.3) is 11.0 Å². The van der Waals surface area contributed by atoms with Crippen LogP contribution in [-0.4, -0.2) is 23.1 Å². The van der Waals surface area contributed by atoms with E-state index in [4.69, 9.17) is 0 Å². The van der Waals surface area contributed by atoms with E-state index in [0.29, 0.717) is 22.9 Å². The Labute approximate surface area is 132 Å². The van der Waals surface area contributed by atoms with E-state index < -0.39 is 10.0 Å². The topological polar surface area (TPSA) is 89.0 Å². The van der Waals surface area contributed by atoms with Crippen molar-refractivity contribution in [1.29, 1.82) is 0 Å². The molecule has 2 saturated carbocycles. The minimum Gasteiger partial charge on any atom is -0.274 e. The number of amides is 1. The Morgan fingerprint density at radius 2 is 2.09 bits per heavy atom.